The van der Waals surface area contributed by atoms with Crippen LogP contribution in [0.15, 0.2) is 42.5 Å². The van der Waals surface area contributed by atoms with Gasteiger partial charge < -0.3 is 15.1 Å². The predicted molar refractivity (Wildman–Crippen MR) is 133 cm³/mol. The summed E-state index contributed by atoms with van der Waals surface area (Å²) in [4.78, 5) is 62.5. The highest BCUT2D eigenvalue weighted by atomic mass is 31.2. The average molecular weight is 595 g/mol. The second-order valence-corrected chi connectivity index (χ2v) is 11.3. The van der Waals surface area contributed by atoms with Crippen LogP contribution in [0.4, 0.5) is 13.2 Å². The van der Waals surface area contributed by atoms with Crippen molar-refractivity contribution in [1.29, 1.82) is 0 Å². The zero-order chi connectivity index (χ0) is 29.5. The molecule has 2 aromatic carbocycles. The maximum absolute atomic E-state index is 14.5. The van der Waals surface area contributed by atoms with Gasteiger partial charge in [0.2, 0.25) is 5.91 Å². The van der Waals surface area contributed by atoms with E-state index < -0.39 is 67.6 Å². The molecule has 4 amide bonds. The molecule has 2 atom stereocenters. The molecule has 2 heterocycles. The van der Waals surface area contributed by atoms with Gasteiger partial charge in [0.15, 0.2) is 0 Å². The SMILES string of the molecule is O=C1CCC(N2Cc3cc(CNC(=O)C(F)(F)c4ccc(F)cc4)ccc3C2=O)C(=O)N1COP(=O)(O)OC1CC1. The third kappa shape index (κ3) is 6.20. The third-order valence-electron chi connectivity index (χ3n) is 6.96. The summed E-state index contributed by atoms with van der Waals surface area (Å²) in [6.45, 7) is -1.12. The van der Waals surface area contributed by atoms with Crippen molar-refractivity contribution < 1.29 is 50.9 Å². The van der Waals surface area contributed by atoms with Gasteiger partial charge in [0, 0.05) is 30.6 Å². The quantitative estimate of drug-likeness (QED) is 0.316. The highest BCUT2D eigenvalue weighted by Crippen LogP contribution is 2.49. The Hall–Kier alpha value is -3.58. The molecule has 0 spiro atoms. The predicted octanol–water partition coefficient (Wildman–Crippen LogP) is 2.96. The number of phosphoric acid groups is 1. The summed E-state index contributed by atoms with van der Waals surface area (Å²) in [6.07, 6.45) is 0.720. The number of imide groups is 1. The summed E-state index contributed by atoms with van der Waals surface area (Å²) < 4.78 is 63.8. The number of fused-ring (bicyclic) bond motifs is 1. The molecule has 0 radical (unpaired) electrons. The fraction of sp³-hybridized carbons (Fsp3) is 0.385. The number of amides is 4. The minimum absolute atomic E-state index is 0.0235. The molecule has 2 unspecified atom stereocenters. The number of benzene rings is 2. The lowest BCUT2D eigenvalue weighted by molar-refractivity contribution is -0.156. The van der Waals surface area contributed by atoms with E-state index >= 15 is 0 Å². The van der Waals surface area contributed by atoms with Gasteiger partial charge in [0.1, 0.15) is 18.6 Å². The van der Waals surface area contributed by atoms with Crippen LogP contribution in [-0.2, 0) is 47.0 Å². The number of carbonyl (C=O) groups excluding carboxylic acids is 4. The number of hydrogen-bond acceptors (Lipinski definition) is 7. The van der Waals surface area contributed by atoms with E-state index in [0.717, 1.165) is 24.3 Å². The van der Waals surface area contributed by atoms with Crippen LogP contribution in [-0.4, -0.2) is 57.2 Å². The summed E-state index contributed by atoms with van der Waals surface area (Å²) in [5.41, 5.74) is 0.495. The van der Waals surface area contributed by atoms with Crippen molar-refractivity contribution in [2.45, 2.75) is 56.8 Å². The maximum atomic E-state index is 14.5. The van der Waals surface area contributed by atoms with Gasteiger partial charge in [-0.05, 0) is 60.7 Å². The Labute approximate surface area is 231 Å². The number of halogens is 3. The molecule has 11 nitrogen and oxygen atoms in total. The van der Waals surface area contributed by atoms with Crippen molar-refractivity contribution in [3.63, 3.8) is 0 Å². The van der Waals surface area contributed by atoms with Crippen LogP contribution < -0.4 is 5.32 Å². The summed E-state index contributed by atoms with van der Waals surface area (Å²) in [5, 5.41) is 2.14. The molecule has 3 aliphatic rings. The van der Waals surface area contributed by atoms with E-state index in [2.05, 4.69) is 5.32 Å². The standard InChI is InChI=1S/C26H25F3N3O8P/c27-18-4-2-17(3-5-18)26(28,29)25(36)30-12-15-1-8-20-16(11-15)13-31(23(20)34)21-9-10-22(33)32(24(21)35)14-39-41(37,38)40-19-6-7-19/h1-5,8,11,19,21H,6-7,9-10,12-14H2,(H,30,36)(H,37,38). The fourth-order valence-corrected chi connectivity index (χ4v) is 5.52. The van der Waals surface area contributed by atoms with E-state index in [0.29, 0.717) is 28.9 Å². The molecule has 41 heavy (non-hydrogen) atoms. The van der Waals surface area contributed by atoms with E-state index in [1.165, 1.54) is 17.0 Å². The van der Waals surface area contributed by atoms with Crippen LogP contribution >= 0.6 is 7.82 Å². The van der Waals surface area contributed by atoms with Crippen LogP contribution in [0.2, 0.25) is 0 Å². The third-order valence-corrected chi connectivity index (χ3v) is 7.97. The Morgan fingerprint density at radius 3 is 2.49 bits per heavy atom. The van der Waals surface area contributed by atoms with Gasteiger partial charge in [-0.25, -0.2) is 8.96 Å². The molecule has 2 aromatic rings. The molecule has 218 valence electrons. The Kier molecular flexibility index (Phi) is 7.77. The van der Waals surface area contributed by atoms with E-state index in [1.807, 2.05) is 0 Å². The zero-order valence-corrected chi connectivity index (χ0v) is 22.3. The minimum Gasteiger partial charge on any atom is -0.346 e. The van der Waals surface area contributed by atoms with Crippen LogP contribution in [0.3, 0.4) is 0 Å². The topological polar surface area (TPSA) is 143 Å². The van der Waals surface area contributed by atoms with E-state index in [-0.39, 0.29) is 31.5 Å². The van der Waals surface area contributed by atoms with Gasteiger partial charge in [-0.15, -0.1) is 0 Å². The van der Waals surface area contributed by atoms with Gasteiger partial charge >= 0.3 is 13.7 Å². The van der Waals surface area contributed by atoms with Gasteiger partial charge in [0.25, 0.3) is 17.7 Å². The highest BCUT2D eigenvalue weighted by molar-refractivity contribution is 7.47. The number of carbonyl (C=O) groups is 4. The van der Waals surface area contributed by atoms with E-state index in [4.69, 9.17) is 9.05 Å². The van der Waals surface area contributed by atoms with Crippen molar-refractivity contribution in [3.05, 3.63) is 70.5 Å². The molecule has 2 aliphatic heterocycles. The van der Waals surface area contributed by atoms with Crippen molar-refractivity contribution in [2.24, 2.45) is 0 Å². The molecular weight excluding hydrogens is 570 g/mol. The first kappa shape index (κ1) is 28.9. The first-order chi connectivity index (χ1) is 19.4. The van der Waals surface area contributed by atoms with Gasteiger partial charge in [-0.1, -0.05) is 12.1 Å². The lowest BCUT2D eigenvalue weighted by atomic mass is 10.0. The van der Waals surface area contributed by atoms with E-state index in [9.17, 15) is 41.8 Å². The first-order valence-electron chi connectivity index (χ1n) is 12.7. The Bertz CT molecular complexity index is 1450. The number of likely N-dealkylation sites (tertiary alicyclic amines) is 1. The largest absolute Gasteiger partial charge is 0.474 e. The molecule has 1 saturated carbocycles. The second-order valence-electron chi connectivity index (χ2n) is 9.93. The maximum Gasteiger partial charge on any atom is 0.474 e. The van der Waals surface area contributed by atoms with Crippen molar-refractivity contribution in [2.75, 3.05) is 6.73 Å². The van der Waals surface area contributed by atoms with Crippen LogP contribution in [0.1, 0.15) is 52.7 Å². The fourth-order valence-electron chi connectivity index (χ4n) is 4.61. The number of piperidine rings is 1. The normalized spacial score (nSPS) is 20.7. The molecule has 0 bridgehead atoms. The number of nitrogens with zero attached hydrogens (tertiary/aromatic N) is 2. The van der Waals surface area contributed by atoms with Crippen molar-refractivity contribution in [3.8, 4) is 0 Å². The number of alkyl halides is 2. The number of hydrogen-bond donors (Lipinski definition) is 2. The molecular formula is C26H25F3N3O8P. The molecule has 1 saturated heterocycles. The molecule has 2 fully saturated rings. The Morgan fingerprint density at radius 1 is 1.10 bits per heavy atom. The monoisotopic (exact) mass is 595 g/mol. The van der Waals surface area contributed by atoms with Crippen LogP contribution in [0.25, 0.3) is 0 Å². The summed E-state index contributed by atoms with van der Waals surface area (Å²) >= 11 is 0. The highest BCUT2D eigenvalue weighted by Gasteiger charge is 2.44. The molecule has 5 rings (SSSR count). The molecule has 2 N–H and O–H groups in total. The first-order valence-corrected chi connectivity index (χ1v) is 14.2. The Balaban J connectivity index is 1.22. The molecule has 0 aromatic heterocycles. The number of nitrogens with one attached hydrogen (secondary N) is 1. The lowest BCUT2D eigenvalue weighted by Crippen LogP contribution is -2.55. The second kappa shape index (κ2) is 11.0. The van der Waals surface area contributed by atoms with E-state index in [1.54, 1.807) is 6.07 Å². The summed E-state index contributed by atoms with van der Waals surface area (Å²) in [7, 11) is -4.48. The zero-order valence-electron chi connectivity index (χ0n) is 21.4. The van der Waals surface area contributed by atoms with Crippen molar-refractivity contribution in [1.82, 2.24) is 15.1 Å². The summed E-state index contributed by atoms with van der Waals surface area (Å²) in [6, 6.07) is 6.72. The number of rotatable bonds is 10. The van der Waals surface area contributed by atoms with Crippen molar-refractivity contribution >= 4 is 31.5 Å². The van der Waals surface area contributed by atoms with Gasteiger partial charge in [-0.2, -0.15) is 8.78 Å². The van der Waals surface area contributed by atoms with Gasteiger partial charge in [0.05, 0.1) is 6.10 Å². The minimum atomic E-state index is -4.48. The number of phosphoric ester groups is 1. The van der Waals surface area contributed by atoms with Crippen LogP contribution in [0.5, 0.6) is 0 Å². The molecule has 15 heteroatoms. The average Bonchev–Trinajstić information content (AvgIpc) is 3.67. The van der Waals surface area contributed by atoms with Gasteiger partial charge in [-0.3, -0.25) is 33.1 Å². The molecule has 1 aliphatic carbocycles. The summed E-state index contributed by atoms with van der Waals surface area (Å²) in [5.74, 6) is -8.10. The van der Waals surface area contributed by atoms with Crippen LogP contribution in [0, 0.1) is 5.82 Å². The lowest BCUT2D eigenvalue weighted by Gasteiger charge is -2.35. The smallest absolute Gasteiger partial charge is 0.346 e. The Morgan fingerprint density at radius 2 is 1.80 bits per heavy atom.